The molecule has 0 unspecified atom stereocenters. The molecule has 1 aromatic rings. The first-order chi connectivity index (χ1) is 8.61. The number of nitrogens with zero attached hydrogens (tertiary/aromatic N) is 2. The van der Waals surface area contributed by atoms with Gasteiger partial charge >= 0.3 is 0 Å². The van der Waals surface area contributed by atoms with Crippen molar-refractivity contribution in [3.63, 3.8) is 0 Å². The molecule has 1 aliphatic rings. The van der Waals surface area contributed by atoms with E-state index < -0.39 is 0 Å². The van der Waals surface area contributed by atoms with Crippen LogP contribution in [0.2, 0.25) is 5.02 Å². The van der Waals surface area contributed by atoms with Gasteiger partial charge in [-0.25, -0.2) is 0 Å². The molecule has 1 amide bonds. The molecule has 1 saturated heterocycles. The average molecular weight is 272 g/mol. The summed E-state index contributed by atoms with van der Waals surface area (Å²) < 4.78 is 7.18. The van der Waals surface area contributed by atoms with E-state index in [9.17, 15) is 4.79 Å². The van der Waals surface area contributed by atoms with Crippen LogP contribution in [-0.4, -0.2) is 34.4 Å². The zero-order valence-electron chi connectivity index (χ0n) is 10.6. The first-order valence-corrected chi connectivity index (χ1v) is 6.65. The van der Waals surface area contributed by atoms with Crippen LogP contribution in [0.1, 0.15) is 37.2 Å². The number of halogens is 1. The molecule has 1 N–H and O–H groups in total. The Balaban J connectivity index is 1.99. The van der Waals surface area contributed by atoms with E-state index in [0.29, 0.717) is 11.6 Å². The van der Waals surface area contributed by atoms with Gasteiger partial charge in [0.2, 0.25) is 0 Å². The number of hydrogen-bond donors (Lipinski definition) is 1. The van der Waals surface area contributed by atoms with Crippen molar-refractivity contribution in [3.8, 4) is 0 Å². The Morgan fingerprint density at radius 1 is 1.78 bits per heavy atom. The predicted molar refractivity (Wildman–Crippen MR) is 68.8 cm³/mol. The zero-order valence-corrected chi connectivity index (χ0v) is 11.4. The van der Waals surface area contributed by atoms with Gasteiger partial charge in [0, 0.05) is 19.3 Å². The zero-order chi connectivity index (χ0) is 13.1. The van der Waals surface area contributed by atoms with Gasteiger partial charge in [-0.2, -0.15) is 5.10 Å². The van der Waals surface area contributed by atoms with Crippen LogP contribution in [0.3, 0.4) is 0 Å². The predicted octanol–water partition coefficient (Wildman–Crippen LogP) is 1.85. The lowest BCUT2D eigenvalue weighted by atomic mass is 10.1. The molecule has 5 nitrogen and oxygen atoms in total. The maximum absolute atomic E-state index is 12.0. The van der Waals surface area contributed by atoms with Gasteiger partial charge in [-0.05, 0) is 26.7 Å². The number of hydrogen-bond acceptors (Lipinski definition) is 3. The second-order valence-corrected chi connectivity index (χ2v) is 4.90. The molecule has 1 fully saturated rings. The highest BCUT2D eigenvalue weighted by atomic mass is 35.5. The third kappa shape index (κ3) is 2.84. The highest BCUT2D eigenvalue weighted by Crippen LogP contribution is 2.17. The number of ether oxygens (including phenoxy) is 1. The summed E-state index contributed by atoms with van der Waals surface area (Å²) in [5.41, 5.74) is 0.281. The smallest absolute Gasteiger partial charge is 0.273 e. The Bertz CT molecular complexity index is 427. The van der Waals surface area contributed by atoms with Crippen molar-refractivity contribution < 1.29 is 9.53 Å². The summed E-state index contributed by atoms with van der Waals surface area (Å²) >= 11 is 5.99. The molecule has 0 aromatic carbocycles. The minimum Gasteiger partial charge on any atom is -0.376 e. The monoisotopic (exact) mass is 271 g/mol. The number of nitrogens with one attached hydrogen (secondary N) is 1. The number of carbonyl (C=O) groups excluding carboxylic acids is 1. The van der Waals surface area contributed by atoms with E-state index in [1.165, 1.54) is 0 Å². The normalized spacial score (nSPS) is 20.9. The molecule has 100 valence electrons. The summed E-state index contributed by atoms with van der Waals surface area (Å²) in [6.45, 7) is 5.35. The van der Waals surface area contributed by atoms with E-state index >= 15 is 0 Å². The molecule has 0 aliphatic carbocycles. The van der Waals surface area contributed by atoms with Crippen LogP contribution in [-0.2, 0) is 11.3 Å². The lowest BCUT2D eigenvalue weighted by molar-refractivity contribution is 0.0709. The number of amides is 1. The number of carbonyl (C=O) groups is 1. The van der Waals surface area contributed by atoms with Crippen molar-refractivity contribution in [2.75, 3.05) is 6.61 Å². The summed E-state index contributed by atoms with van der Waals surface area (Å²) in [6.07, 6.45) is 3.79. The third-order valence-electron chi connectivity index (χ3n) is 3.14. The molecule has 0 bridgehead atoms. The van der Waals surface area contributed by atoms with Gasteiger partial charge < -0.3 is 10.1 Å². The Hall–Kier alpha value is -1.07. The average Bonchev–Trinajstić information content (AvgIpc) is 2.97. The molecule has 0 radical (unpaired) electrons. The molecule has 2 heterocycles. The minimum atomic E-state index is -0.241. The van der Waals surface area contributed by atoms with E-state index in [-0.39, 0.29) is 23.7 Å². The van der Waals surface area contributed by atoms with Crippen molar-refractivity contribution in [1.82, 2.24) is 15.1 Å². The van der Waals surface area contributed by atoms with E-state index in [0.717, 1.165) is 19.4 Å². The third-order valence-corrected chi connectivity index (χ3v) is 3.41. The Morgan fingerprint density at radius 2 is 2.56 bits per heavy atom. The van der Waals surface area contributed by atoms with E-state index in [1.54, 1.807) is 10.9 Å². The molecule has 2 atom stereocenters. The van der Waals surface area contributed by atoms with E-state index in [4.69, 9.17) is 16.3 Å². The van der Waals surface area contributed by atoms with Crippen molar-refractivity contribution in [2.45, 2.75) is 45.4 Å². The van der Waals surface area contributed by atoms with Crippen molar-refractivity contribution in [2.24, 2.45) is 0 Å². The van der Waals surface area contributed by atoms with Crippen LogP contribution in [0, 0.1) is 0 Å². The fourth-order valence-corrected chi connectivity index (χ4v) is 2.31. The van der Waals surface area contributed by atoms with Crippen LogP contribution in [0.25, 0.3) is 0 Å². The number of rotatable bonds is 4. The number of aryl methyl sites for hydroxylation is 1. The van der Waals surface area contributed by atoms with Crippen LogP contribution >= 0.6 is 11.6 Å². The molecule has 0 spiro atoms. The standard InChI is InChI=1S/C12H18ClN3O2/c1-3-16-7-9(13)11(15-16)12(17)14-8(2)10-5-4-6-18-10/h7-8,10H,3-6H2,1-2H3,(H,14,17)/t8-,10-/m0/s1. The molecule has 0 saturated carbocycles. The molecular formula is C12H18ClN3O2. The van der Waals surface area contributed by atoms with Crippen molar-refractivity contribution in [3.05, 3.63) is 16.9 Å². The molecule has 18 heavy (non-hydrogen) atoms. The summed E-state index contributed by atoms with van der Waals surface area (Å²) in [7, 11) is 0. The summed E-state index contributed by atoms with van der Waals surface area (Å²) in [4.78, 5) is 12.0. The second-order valence-electron chi connectivity index (χ2n) is 4.49. The van der Waals surface area contributed by atoms with Crippen molar-refractivity contribution in [1.29, 1.82) is 0 Å². The van der Waals surface area contributed by atoms with Crippen LogP contribution in [0.5, 0.6) is 0 Å². The SMILES string of the molecule is CCn1cc(Cl)c(C(=O)N[C@@H](C)[C@@H]2CCCO2)n1. The maximum atomic E-state index is 12.0. The Labute approximate surface area is 111 Å². The molecular weight excluding hydrogens is 254 g/mol. The number of aromatic nitrogens is 2. The first kappa shape index (κ1) is 13.4. The molecule has 1 aliphatic heterocycles. The van der Waals surface area contributed by atoms with Gasteiger partial charge in [0.25, 0.3) is 5.91 Å². The summed E-state index contributed by atoms with van der Waals surface area (Å²) in [5.74, 6) is -0.241. The quantitative estimate of drug-likeness (QED) is 0.909. The molecule has 1 aromatic heterocycles. The van der Waals surface area contributed by atoms with Crippen molar-refractivity contribution >= 4 is 17.5 Å². The van der Waals surface area contributed by atoms with E-state index in [1.807, 2.05) is 13.8 Å². The fraction of sp³-hybridized carbons (Fsp3) is 0.667. The van der Waals surface area contributed by atoms with Gasteiger partial charge in [0.15, 0.2) is 5.69 Å². The highest BCUT2D eigenvalue weighted by molar-refractivity contribution is 6.33. The largest absolute Gasteiger partial charge is 0.376 e. The van der Waals surface area contributed by atoms with Gasteiger partial charge in [-0.1, -0.05) is 11.6 Å². The van der Waals surface area contributed by atoms with Gasteiger partial charge in [0.1, 0.15) is 0 Å². The summed E-state index contributed by atoms with van der Waals surface area (Å²) in [5, 5.41) is 7.42. The Morgan fingerprint density at radius 3 is 3.11 bits per heavy atom. The molecule has 6 heteroatoms. The first-order valence-electron chi connectivity index (χ1n) is 6.27. The van der Waals surface area contributed by atoms with Gasteiger partial charge in [-0.15, -0.1) is 0 Å². The maximum Gasteiger partial charge on any atom is 0.273 e. The van der Waals surface area contributed by atoms with Gasteiger partial charge in [-0.3, -0.25) is 9.48 Å². The molecule has 2 rings (SSSR count). The van der Waals surface area contributed by atoms with Crippen LogP contribution < -0.4 is 5.32 Å². The lowest BCUT2D eigenvalue weighted by Crippen LogP contribution is -2.41. The topological polar surface area (TPSA) is 56.2 Å². The van der Waals surface area contributed by atoms with Gasteiger partial charge in [0.05, 0.1) is 17.2 Å². The fourth-order valence-electron chi connectivity index (χ4n) is 2.08. The van der Waals surface area contributed by atoms with E-state index in [2.05, 4.69) is 10.4 Å². The minimum absolute atomic E-state index is 0.0251. The van der Waals surface area contributed by atoms with Crippen LogP contribution in [0.15, 0.2) is 6.20 Å². The second kappa shape index (κ2) is 5.71. The lowest BCUT2D eigenvalue weighted by Gasteiger charge is -2.19. The Kier molecular flexibility index (Phi) is 4.24. The summed E-state index contributed by atoms with van der Waals surface area (Å²) in [6, 6.07) is -0.0251. The van der Waals surface area contributed by atoms with Crippen LogP contribution in [0.4, 0.5) is 0 Å². The highest BCUT2D eigenvalue weighted by Gasteiger charge is 2.25.